The molecule has 1 aliphatic carbocycles. The molecule has 0 heterocycles. The molecule has 1 aliphatic rings. The number of hydrogen-bond acceptors (Lipinski definition) is 5. The lowest BCUT2D eigenvalue weighted by Crippen LogP contribution is -2.36. The molecule has 0 amide bonds. The Morgan fingerprint density at radius 3 is 1.51 bits per heavy atom. The van der Waals surface area contributed by atoms with Crippen molar-refractivity contribution in [3.05, 3.63) is 130 Å². The highest BCUT2D eigenvalue weighted by atomic mass is 16.5. The van der Waals surface area contributed by atoms with Crippen molar-refractivity contribution in [1.29, 1.82) is 0 Å². The highest BCUT2D eigenvalue weighted by Gasteiger charge is 2.25. The Labute approximate surface area is 242 Å². The van der Waals surface area contributed by atoms with E-state index in [0.717, 1.165) is 35.1 Å². The lowest BCUT2D eigenvalue weighted by Gasteiger charge is -2.35. The van der Waals surface area contributed by atoms with Gasteiger partial charge in [0, 0.05) is 30.3 Å². The molecule has 5 heteroatoms. The van der Waals surface area contributed by atoms with E-state index in [-0.39, 0.29) is 11.9 Å². The molecule has 41 heavy (non-hydrogen) atoms. The van der Waals surface area contributed by atoms with Crippen LogP contribution in [0.15, 0.2) is 97.1 Å². The maximum absolute atomic E-state index is 12.9. The molecule has 0 aromatic heterocycles. The molecule has 210 valence electrons. The van der Waals surface area contributed by atoms with Crippen molar-refractivity contribution in [3.8, 4) is 11.5 Å². The highest BCUT2D eigenvalue weighted by Crippen LogP contribution is 2.32. The summed E-state index contributed by atoms with van der Waals surface area (Å²) in [4.78, 5) is 28.4. The Morgan fingerprint density at radius 2 is 1.07 bits per heavy atom. The number of carbonyl (C=O) groups is 2. The van der Waals surface area contributed by atoms with Crippen molar-refractivity contribution >= 4 is 11.9 Å². The van der Waals surface area contributed by atoms with Gasteiger partial charge in [-0.3, -0.25) is 4.90 Å². The number of benzene rings is 4. The molecule has 4 aromatic rings. The van der Waals surface area contributed by atoms with E-state index < -0.39 is 0 Å². The molecule has 1 fully saturated rings. The molecule has 1 saturated carbocycles. The molecule has 0 bridgehead atoms. The van der Waals surface area contributed by atoms with Crippen LogP contribution < -0.4 is 9.47 Å². The quantitative estimate of drug-likeness (QED) is 0.157. The number of ether oxygens (including phenoxy) is 2. The van der Waals surface area contributed by atoms with E-state index in [1.165, 1.54) is 19.3 Å². The minimum absolute atomic E-state index is 0.367. The normalized spacial score (nSPS) is 13.6. The average molecular weight is 548 g/mol. The third-order valence-electron chi connectivity index (χ3n) is 7.69. The zero-order valence-electron chi connectivity index (χ0n) is 23.8. The summed E-state index contributed by atoms with van der Waals surface area (Å²) in [6, 6.07) is 30.5. The molecule has 0 unspecified atom stereocenters. The van der Waals surface area contributed by atoms with Crippen LogP contribution in [-0.2, 0) is 13.1 Å². The fourth-order valence-electron chi connectivity index (χ4n) is 5.53. The molecular formula is C36H37NO4. The zero-order chi connectivity index (χ0) is 28.6. The summed E-state index contributed by atoms with van der Waals surface area (Å²) in [7, 11) is 0. The Kier molecular flexibility index (Phi) is 9.27. The van der Waals surface area contributed by atoms with Gasteiger partial charge >= 0.3 is 11.9 Å². The second-order valence-corrected chi connectivity index (χ2v) is 10.9. The van der Waals surface area contributed by atoms with E-state index in [1.807, 2.05) is 60.7 Å². The Balaban J connectivity index is 1.43. The van der Waals surface area contributed by atoms with Crippen LogP contribution in [0, 0.1) is 13.8 Å². The van der Waals surface area contributed by atoms with E-state index in [2.05, 4.69) is 30.9 Å². The number of nitrogens with zero attached hydrogens (tertiary/aromatic N) is 1. The summed E-state index contributed by atoms with van der Waals surface area (Å²) >= 11 is 0. The number of rotatable bonds is 9. The lowest BCUT2D eigenvalue weighted by molar-refractivity contribution is 0.0724. The maximum Gasteiger partial charge on any atom is 0.343 e. The summed E-state index contributed by atoms with van der Waals surface area (Å²) in [6.45, 7) is 5.34. The van der Waals surface area contributed by atoms with Crippen LogP contribution >= 0.6 is 0 Å². The topological polar surface area (TPSA) is 55.8 Å². The van der Waals surface area contributed by atoms with E-state index in [9.17, 15) is 9.59 Å². The first-order valence-electron chi connectivity index (χ1n) is 14.4. The molecule has 0 N–H and O–H groups in total. The summed E-state index contributed by atoms with van der Waals surface area (Å²) in [5.41, 5.74) is 5.19. The van der Waals surface area contributed by atoms with Crippen molar-refractivity contribution in [2.24, 2.45) is 0 Å². The monoisotopic (exact) mass is 547 g/mol. The standard InChI is InChI=1S/C36H37NO4/c1-26-18-20-33(40-35(38)28-12-6-3-7-13-28)30(22-26)24-37(32-16-10-5-11-17-32)25-31-23-27(2)19-21-34(31)41-36(39)29-14-8-4-9-15-29/h3-4,6-9,12-15,18-23,32H,5,10-11,16-17,24-25H2,1-2H3. The molecule has 0 saturated heterocycles. The van der Waals surface area contributed by atoms with Crippen LogP contribution in [0.5, 0.6) is 11.5 Å². The minimum Gasteiger partial charge on any atom is -0.423 e. The summed E-state index contributed by atoms with van der Waals surface area (Å²) in [5.74, 6) is 0.415. The Morgan fingerprint density at radius 1 is 0.634 bits per heavy atom. The third kappa shape index (κ3) is 7.50. The van der Waals surface area contributed by atoms with Gasteiger partial charge in [-0.1, -0.05) is 91.1 Å². The van der Waals surface area contributed by atoms with Crippen molar-refractivity contribution < 1.29 is 19.1 Å². The predicted octanol–water partition coefficient (Wildman–Crippen LogP) is 8.08. The Hall–Kier alpha value is -4.22. The van der Waals surface area contributed by atoms with E-state index in [4.69, 9.17) is 9.47 Å². The fourth-order valence-corrected chi connectivity index (χ4v) is 5.53. The van der Waals surface area contributed by atoms with Crippen LogP contribution in [0.2, 0.25) is 0 Å². The first-order chi connectivity index (χ1) is 20.0. The molecule has 4 aromatic carbocycles. The van der Waals surface area contributed by atoms with Crippen LogP contribution in [0.1, 0.15) is 75.1 Å². The largest absolute Gasteiger partial charge is 0.423 e. The van der Waals surface area contributed by atoms with Crippen LogP contribution in [0.3, 0.4) is 0 Å². The van der Waals surface area contributed by atoms with Gasteiger partial charge in [-0.2, -0.15) is 0 Å². The predicted molar refractivity (Wildman–Crippen MR) is 161 cm³/mol. The van der Waals surface area contributed by atoms with E-state index in [1.54, 1.807) is 24.3 Å². The number of esters is 2. The van der Waals surface area contributed by atoms with E-state index >= 15 is 0 Å². The third-order valence-corrected chi connectivity index (χ3v) is 7.69. The summed E-state index contributed by atoms with van der Waals surface area (Å²) in [6.07, 6.45) is 5.84. The molecule has 5 rings (SSSR count). The molecular weight excluding hydrogens is 510 g/mol. The Bertz CT molecular complexity index is 1370. The SMILES string of the molecule is Cc1ccc(OC(=O)c2ccccc2)c(CN(Cc2cc(C)ccc2OC(=O)c2ccccc2)C2CCCCC2)c1. The molecule has 0 atom stereocenters. The number of aryl methyl sites for hydroxylation is 2. The fraction of sp³-hybridized carbons (Fsp3) is 0.278. The summed E-state index contributed by atoms with van der Waals surface area (Å²) in [5, 5.41) is 0. The van der Waals surface area contributed by atoms with Crippen molar-refractivity contribution in [3.63, 3.8) is 0 Å². The number of carbonyl (C=O) groups excluding carboxylic acids is 2. The molecule has 0 spiro atoms. The van der Waals surface area contributed by atoms with Gasteiger partial charge in [0.15, 0.2) is 0 Å². The van der Waals surface area contributed by atoms with Gasteiger partial charge in [0.25, 0.3) is 0 Å². The molecule has 0 radical (unpaired) electrons. The van der Waals surface area contributed by atoms with Gasteiger partial charge in [0.1, 0.15) is 11.5 Å². The highest BCUT2D eigenvalue weighted by molar-refractivity contribution is 5.91. The van der Waals surface area contributed by atoms with Gasteiger partial charge in [0.2, 0.25) is 0 Å². The van der Waals surface area contributed by atoms with Crippen LogP contribution in [0.25, 0.3) is 0 Å². The molecule has 5 nitrogen and oxygen atoms in total. The minimum atomic E-state index is -0.367. The van der Waals surface area contributed by atoms with Gasteiger partial charge in [-0.25, -0.2) is 9.59 Å². The summed E-state index contributed by atoms with van der Waals surface area (Å²) < 4.78 is 11.9. The van der Waals surface area contributed by atoms with Crippen molar-refractivity contribution in [1.82, 2.24) is 4.90 Å². The second kappa shape index (κ2) is 13.4. The van der Waals surface area contributed by atoms with Crippen molar-refractivity contribution in [2.75, 3.05) is 0 Å². The van der Waals surface area contributed by atoms with E-state index in [0.29, 0.717) is 41.8 Å². The average Bonchev–Trinajstić information content (AvgIpc) is 3.00. The van der Waals surface area contributed by atoms with Gasteiger partial charge in [-0.05, 0) is 63.1 Å². The zero-order valence-corrected chi connectivity index (χ0v) is 23.8. The molecule has 0 aliphatic heterocycles. The smallest absolute Gasteiger partial charge is 0.343 e. The maximum atomic E-state index is 12.9. The van der Waals surface area contributed by atoms with Gasteiger partial charge in [-0.15, -0.1) is 0 Å². The van der Waals surface area contributed by atoms with Gasteiger partial charge in [0.05, 0.1) is 11.1 Å². The lowest BCUT2D eigenvalue weighted by atomic mass is 9.93. The van der Waals surface area contributed by atoms with Crippen LogP contribution in [-0.4, -0.2) is 22.9 Å². The van der Waals surface area contributed by atoms with Crippen LogP contribution in [0.4, 0.5) is 0 Å². The second-order valence-electron chi connectivity index (χ2n) is 10.9. The first-order valence-corrected chi connectivity index (χ1v) is 14.4. The van der Waals surface area contributed by atoms with Crippen molar-refractivity contribution in [2.45, 2.75) is 65.1 Å². The van der Waals surface area contributed by atoms with Gasteiger partial charge < -0.3 is 9.47 Å². The first kappa shape index (κ1) is 28.3. The number of hydrogen-bond donors (Lipinski definition) is 0.